The predicted octanol–water partition coefficient (Wildman–Crippen LogP) is 1.49. The summed E-state index contributed by atoms with van der Waals surface area (Å²) in [5, 5.41) is 1.13. The largest absolute Gasteiger partial charge is 0.353 e. The molecule has 5 heteroatoms. The van der Waals surface area contributed by atoms with E-state index < -0.39 is 0 Å². The average molecular weight is 285 g/mol. The van der Waals surface area contributed by atoms with Crippen molar-refractivity contribution in [3.05, 3.63) is 30.6 Å². The number of fused-ring (bicyclic) bond motifs is 1. The topological polar surface area (TPSA) is 58.3 Å². The van der Waals surface area contributed by atoms with Crippen molar-refractivity contribution in [1.82, 2.24) is 14.9 Å². The van der Waals surface area contributed by atoms with Gasteiger partial charge in [0.2, 0.25) is 0 Å². The Kier molecular flexibility index (Phi) is 3.78. The third kappa shape index (κ3) is 2.71. The lowest BCUT2D eigenvalue weighted by Crippen LogP contribution is -2.57. The Bertz CT molecular complexity index is 612. The van der Waals surface area contributed by atoms with E-state index in [0.29, 0.717) is 6.54 Å². The molecule has 0 spiro atoms. The van der Waals surface area contributed by atoms with Crippen LogP contribution >= 0.6 is 0 Å². The number of benzene rings is 1. The normalized spacial score (nSPS) is 17.4. The molecule has 0 unspecified atom stereocenters. The highest BCUT2D eigenvalue weighted by molar-refractivity contribution is 5.89. The minimum atomic E-state index is 0.0693. The molecule has 1 aliphatic rings. The van der Waals surface area contributed by atoms with Crippen molar-refractivity contribution < 1.29 is 0 Å². The van der Waals surface area contributed by atoms with Crippen LogP contribution in [-0.2, 0) is 0 Å². The Labute approximate surface area is 125 Å². The first-order valence-electron chi connectivity index (χ1n) is 7.51. The van der Waals surface area contributed by atoms with Gasteiger partial charge in [-0.3, -0.25) is 4.90 Å². The lowest BCUT2D eigenvalue weighted by molar-refractivity contribution is 0.119. The van der Waals surface area contributed by atoms with Crippen LogP contribution in [-0.4, -0.2) is 53.1 Å². The molecule has 1 fully saturated rings. The third-order valence-electron chi connectivity index (χ3n) is 4.46. The van der Waals surface area contributed by atoms with Crippen molar-refractivity contribution in [2.24, 2.45) is 5.73 Å². The summed E-state index contributed by atoms with van der Waals surface area (Å²) >= 11 is 0. The maximum atomic E-state index is 5.88. The van der Waals surface area contributed by atoms with E-state index in [1.165, 1.54) is 0 Å². The molecule has 0 radical (unpaired) electrons. The van der Waals surface area contributed by atoms with E-state index in [-0.39, 0.29) is 5.54 Å². The molecule has 1 aromatic carbocycles. The van der Waals surface area contributed by atoms with Crippen molar-refractivity contribution in [3.63, 3.8) is 0 Å². The lowest BCUT2D eigenvalue weighted by Gasteiger charge is -2.44. The summed E-state index contributed by atoms with van der Waals surface area (Å²) in [6, 6.07) is 8.19. The van der Waals surface area contributed by atoms with Gasteiger partial charge in [-0.05, 0) is 26.0 Å². The van der Waals surface area contributed by atoms with Gasteiger partial charge in [-0.2, -0.15) is 0 Å². The minimum absolute atomic E-state index is 0.0693. The van der Waals surface area contributed by atoms with E-state index in [4.69, 9.17) is 5.73 Å². The van der Waals surface area contributed by atoms with Crippen molar-refractivity contribution in [1.29, 1.82) is 0 Å². The Morgan fingerprint density at radius 1 is 1.10 bits per heavy atom. The van der Waals surface area contributed by atoms with Crippen LogP contribution < -0.4 is 10.6 Å². The van der Waals surface area contributed by atoms with Crippen molar-refractivity contribution >= 4 is 16.7 Å². The number of nitrogens with two attached hydrogens (primary N) is 1. The zero-order chi connectivity index (χ0) is 14.9. The van der Waals surface area contributed by atoms with Gasteiger partial charge in [0.15, 0.2) is 0 Å². The maximum absolute atomic E-state index is 5.88. The summed E-state index contributed by atoms with van der Waals surface area (Å²) in [7, 11) is 0. The van der Waals surface area contributed by atoms with Gasteiger partial charge in [0.1, 0.15) is 12.1 Å². The second kappa shape index (κ2) is 5.58. The van der Waals surface area contributed by atoms with E-state index in [9.17, 15) is 0 Å². The molecule has 1 aliphatic heterocycles. The number of aromatic nitrogens is 2. The minimum Gasteiger partial charge on any atom is -0.353 e. The highest BCUT2D eigenvalue weighted by Gasteiger charge is 2.29. The summed E-state index contributed by atoms with van der Waals surface area (Å²) in [6.07, 6.45) is 1.66. The predicted molar refractivity (Wildman–Crippen MR) is 86.5 cm³/mol. The molecule has 2 heterocycles. The van der Waals surface area contributed by atoms with Crippen LogP contribution in [0.3, 0.4) is 0 Å². The molecule has 5 nitrogen and oxygen atoms in total. The van der Waals surface area contributed by atoms with E-state index in [1.54, 1.807) is 6.33 Å². The summed E-state index contributed by atoms with van der Waals surface area (Å²) in [5.41, 5.74) is 6.96. The van der Waals surface area contributed by atoms with Gasteiger partial charge in [-0.25, -0.2) is 9.97 Å². The first-order valence-corrected chi connectivity index (χ1v) is 7.51. The first kappa shape index (κ1) is 14.2. The number of nitrogens with zero attached hydrogens (tertiary/aromatic N) is 4. The lowest BCUT2D eigenvalue weighted by atomic mass is 10.0. The molecule has 0 aliphatic carbocycles. The summed E-state index contributed by atoms with van der Waals surface area (Å²) in [4.78, 5) is 13.7. The monoisotopic (exact) mass is 285 g/mol. The summed E-state index contributed by atoms with van der Waals surface area (Å²) in [5.74, 6) is 1.05. The van der Waals surface area contributed by atoms with E-state index in [0.717, 1.165) is 42.9 Å². The Morgan fingerprint density at radius 3 is 2.52 bits per heavy atom. The van der Waals surface area contributed by atoms with Crippen LogP contribution in [0.5, 0.6) is 0 Å². The summed E-state index contributed by atoms with van der Waals surface area (Å²) < 4.78 is 0. The Hall–Kier alpha value is -1.72. The smallest absolute Gasteiger partial charge is 0.139 e. The number of hydrogen-bond donors (Lipinski definition) is 1. The van der Waals surface area contributed by atoms with Crippen LogP contribution in [0.4, 0.5) is 5.82 Å². The van der Waals surface area contributed by atoms with Gasteiger partial charge >= 0.3 is 0 Å². The molecule has 21 heavy (non-hydrogen) atoms. The highest BCUT2D eigenvalue weighted by atomic mass is 15.3. The van der Waals surface area contributed by atoms with Crippen LogP contribution in [0.1, 0.15) is 13.8 Å². The van der Waals surface area contributed by atoms with Crippen molar-refractivity contribution in [2.45, 2.75) is 19.4 Å². The summed E-state index contributed by atoms with van der Waals surface area (Å²) in [6.45, 7) is 9.09. The van der Waals surface area contributed by atoms with E-state index >= 15 is 0 Å². The molecule has 1 saturated heterocycles. The number of para-hydroxylation sites is 1. The Morgan fingerprint density at radius 2 is 1.81 bits per heavy atom. The van der Waals surface area contributed by atoms with Crippen molar-refractivity contribution in [3.8, 4) is 0 Å². The molecule has 0 saturated carbocycles. The molecule has 2 N–H and O–H groups in total. The van der Waals surface area contributed by atoms with Crippen LogP contribution in [0.25, 0.3) is 10.9 Å². The number of rotatable bonds is 3. The average Bonchev–Trinajstić information content (AvgIpc) is 2.54. The third-order valence-corrected chi connectivity index (χ3v) is 4.46. The van der Waals surface area contributed by atoms with Gasteiger partial charge in [0, 0.05) is 43.6 Å². The fourth-order valence-corrected chi connectivity index (χ4v) is 2.90. The zero-order valence-electron chi connectivity index (χ0n) is 12.8. The van der Waals surface area contributed by atoms with Gasteiger partial charge in [0.05, 0.1) is 5.52 Å². The highest BCUT2D eigenvalue weighted by Crippen LogP contribution is 2.25. The second-order valence-electron chi connectivity index (χ2n) is 6.21. The molecule has 3 rings (SSSR count). The molecular formula is C16H23N5. The molecule has 112 valence electrons. The van der Waals surface area contributed by atoms with Gasteiger partial charge in [0.25, 0.3) is 0 Å². The molecule has 1 aromatic heterocycles. The van der Waals surface area contributed by atoms with E-state index in [2.05, 4.69) is 39.7 Å². The maximum Gasteiger partial charge on any atom is 0.139 e. The number of hydrogen-bond acceptors (Lipinski definition) is 5. The van der Waals surface area contributed by atoms with Crippen LogP contribution in [0.15, 0.2) is 30.6 Å². The van der Waals surface area contributed by atoms with Gasteiger partial charge < -0.3 is 10.6 Å². The SMILES string of the molecule is CC(C)(CN)N1CCN(c2ncnc3ccccc23)CC1. The standard InChI is InChI=1S/C16H23N5/c1-16(2,11-17)21-9-7-20(8-10-21)15-13-5-3-4-6-14(13)18-12-19-15/h3-6,12H,7-11,17H2,1-2H3. The second-order valence-corrected chi connectivity index (χ2v) is 6.21. The van der Waals surface area contributed by atoms with Gasteiger partial charge in [-0.1, -0.05) is 12.1 Å². The zero-order valence-corrected chi connectivity index (χ0v) is 12.8. The molecule has 0 amide bonds. The number of piperazine rings is 1. The van der Waals surface area contributed by atoms with Crippen LogP contribution in [0, 0.1) is 0 Å². The molecule has 2 aromatic rings. The molecule has 0 atom stereocenters. The van der Waals surface area contributed by atoms with Crippen LogP contribution in [0.2, 0.25) is 0 Å². The van der Waals surface area contributed by atoms with Gasteiger partial charge in [-0.15, -0.1) is 0 Å². The quantitative estimate of drug-likeness (QED) is 0.926. The molecule has 0 bridgehead atoms. The van der Waals surface area contributed by atoms with E-state index in [1.807, 2.05) is 18.2 Å². The number of anilines is 1. The molecular weight excluding hydrogens is 262 g/mol. The fraction of sp³-hybridized carbons (Fsp3) is 0.500. The first-order chi connectivity index (χ1) is 10.1. The Balaban J connectivity index is 1.80. The van der Waals surface area contributed by atoms with Crippen molar-refractivity contribution in [2.75, 3.05) is 37.6 Å². The fourth-order valence-electron chi connectivity index (χ4n) is 2.90.